The Morgan fingerprint density at radius 2 is 1.88 bits per heavy atom. The van der Waals surface area contributed by atoms with Crippen molar-refractivity contribution in [1.82, 2.24) is 15.1 Å². The lowest BCUT2D eigenvalue weighted by atomic mass is 10.3. The van der Waals surface area contributed by atoms with Crippen LogP contribution in [-0.4, -0.2) is 61.7 Å². The van der Waals surface area contributed by atoms with E-state index in [2.05, 4.69) is 35.9 Å². The third kappa shape index (κ3) is 5.83. The molecule has 0 unspecified atom stereocenters. The molecule has 96 valence electrons. The number of nitrogens with one attached hydrogen (secondary N) is 1. The smallest absolute Gasteiger partial charge is 0.0110 e. The van der Waals surface area contributed by atoms with Crippen molar-refractivity contribution >= 4 is 0 Å². The highest BCUT2D eigenvalue weighted by atomic mass is 15.2. The first kappa shape index (κ1) is 13.9. The van der Waals surface area contributed by atoms with E-state index in [0.717, 1.165) is 6.54 Å². The minimum Gasteiger partial charge on any atom is -0.313 e. The zero-order valence-corrected chi connectivity index (χ0v) is 11.3. The van der Waals surface area contributed by atoms with Gasteiger partial charge in [0.05, 0.1) is 0 Å². The highest BCUT2D eigenvalue weighted by Crippen LogP contribution is 2.06. The lowest BCUT2D eigenvalue weighted by molar-refractivity contribution is 0.231. The van der Waals surface area contributed by atoms with Gasteiger partial charge in [-0.15, -0.1) is 0 Å². The maximum Gasteiger partial charge on any atom is 0.0110 e. The number of likely N-dealkylation sites (N-methyl/N-ethyl adjacent to an activating group) is 1. The fourth-order valence-corrected chi connectivity index (χ4v) is 2.23. The molecule has 0 saturated carbocycles. The first-order valence-corrected chi connectivity index (χ1v) is 6.90. The first-order chi connectivity index (χ1) is 7.72. The van der Waals surface area contributed by atoms with Crippen molar-refractivity contribution < 1.29 is 0 Å². The third-order valence-corrected chi connectivity index (χ3v) is 3.36. The summed E-state index contributed by atoms with van der Waals surface area (Å²) in [5, 5.41) is 3.48. The molecular weight excluding hydrogens is 198 g/mol. The minimum atomic E-state index is 0.609. The summed E-state index contributed by atoms with van der Waals surface area (Å²) in [6.07, 6.45) is 2.81. The Morgan fingerprint density at radius 3 is 2.44 bits per heavy atom. The average Bonchev–Trinajstić information content (AvgIpc) is 2.75. The van der Waals surface area contributed by atoms with Crippen molar-refractivity contribution in [3.8, 4) is 0 Å². The highest BCUT2D eigenvalue weighted by molar-refractivity contribution is 4.68. The number of likely N-dealkylation sites (tertiary alicyclic amines) is 1. The molecule has 0 aromatic carbocycles. The molecule has 0 aromatic rings. The van der Waals surface area contributed by atoms with Crippen molar-refractivity contribution in [1.29, 1.82) is 0 Å². The average molecular weight is 227 g/mol. The van der Waals surface area contributed by atoms with Gasteiger partial charge in [-0.05, 0) is 32.5 Å². The van der Waals surface area contributed by atoms with Crippen LogP contribution in [0.2, 0.25) is 0 Å². The normalized spacial score (nSPS) is 17.8. The Hall–Kier alpha value is -0.120. The SMILES string of the molecule is CCN(CCNC(C)C)CCN1CCCC1. The van der Waals surface area contributed by atoms with E-state index in [-0.39, 0.29) is 0 Å². The van der Waals surface area contributed by atoms with Gasteiger partial charge in [0.25, 0.3) is 0 Å². The van der Waals surface area contributed by atoms with Crippen LogP contribution in [0, 0.1) is 0 Å². The van der Waals surface area contributed by atoms with Gasteiger partial charge < -0.3 is 15.1 Å². The number of nitrogens with zero attached hydrogens (tertiary/aromatic N) is 2. The highest BCUT2D eigenvalue weighted by Gasteiger charge is 2.12. The predicted molar refractivity (Wildman–Crippen MR) is 70.9 cm³/mol. The summed E-state index contributed by atoms with van der Waals surface area (Å²) < 4.78 is 0. The van der Waals surface area contributed by atoms with Crippen LogP contribution >= 0.6 is 0 Å². The molecule has 3 heteroatoms. The molecule has 1 heterocycles. The fourth-order valence-electron chi connectivity index (χ4n) is 2.23. The number of hydrogen-bond donors (Lipinski definition) is 1. The second kappa shape index (κ2) is 8.04. The molecule has 1 fully saturated rings. The van der Waals surface area contributed by atoms with E-state index < -0.39 is 0 Å². The molecule has 1 aliphatic rings. The summed E-state index contributed by atoms with van der Waals surface area (Å²) in [4.78, 5) is 5.15. The van der Waals surface area contributed by atoms with Crippen molar-refractivity contribution in [2.45, 2.75) is 39.7 Å². The lowest BCUT2D eigenvalue weighted by Gasteiger charge is -2.24. The van der Waals surface area contributed by atoms with Crippen LogP contribution < -0.4 is 5.32 Å². The molecule has 1 saturated heterocycles. The van der Waals surface area contributed by atoms with Gasteiger partial charge in [0, 0.05) is 32.2 Å². The van der Waals surface area contributed by atoms with Crippen LogP contribution in [0.3, 0.4) is 0 Å². The molecule has 0 spiro atoms. The fraction of sp³-hybridized carbons (Fsp3) is 1.00. The topological polar surface area (TPSA) is 18.5 Å². The minimum absolute atomic E-state index is 0.609. The van der Waals surface area contributed by atoms with E-state index in [4.69, 9.17) is 0 Å². The van der Waals surface area contributed by atoms with Crippen molar-refractivity contribution in [2.24, 2.45) is 0 Å². The molecule has 0 bridgehead atoms. The summed E-state index contributed by atoms with van der Waals surface area (Å²) in [7, 11) is 0. The van der Waals surface area contributed by atoms with Crippen LogP contribution in [0.5, 0.6) is 0 Å². The van der Waals surface area contributed by atoms with Gasteiger partial charge >= 0.3 is 0 Å². The van der Waals surface area contributed by atoms with E-state index in [1.165, 1.54) is 52.1 Å². The molecule has 1 rings (SSSR count). The van der Waals surface area contributed by atoms with Gasteiger partial charge in [0.1, 0.15) is 0 Å². The van der Waals surface area contributed by atoms with Crippen molar-refractivity contribution in [2.75, 3.05) is 45.8 Å². The summed E-state index contributed by atoms with van der Waals surface area (Å²) in [5.74, 6) is 0. The Labute approximate surface area is 101 Å². The zero-order chi connectivity index (χ0) is 11.8. The Kier molecular flexibility index (Phi) is 7.01. The monoisotopic (exact) mass is 227 g/mol. The molecule has 3 nitrogen and oxygen atoms in total. The molecule has 0 aliphatic carbocycles. The van der Waals surface area contributed by atoms with Gasteiger partial charge in [-0.2, -0.15) is 0 Å². The van der Waals surface area contributed by atoms with Crippen LogP contribution in [0.15, 0.2) is 0 Å². The molecular formula is C13H29N3. The van der Waals surface area contributed by atoms with E-state index in [0.29, 0.717) is 6.04 Å². The first-order valence-electron chi connectivity index (χ1n) is 6.90. The zero-order valence-electron chi connectivity index (χ0n) is 11.3. The van der Waals surface area contributed by atoms with E-state index in [9.17, 15) is 0 Å². The second-order valence-electron chi connectivity index (χ2n) is 5.09. The standard InChI is InChI=1S/C13H29N3/c1-4-15(10-7-14-13(2)3)11-12-16-8-5-6-9-16/h13-14H,4-12H2,1-3H3. The molecule has 16 heavy (non-hydrogen) atoms. The Bertz CT molecular complexity index is 165. The number of rotatable bonds is 8. The Balaban J connectivity index is 2.05. The summed E-state index contributed by atoms with van der Waals surface area (Å²) in [6.45, 7) is 15.3. The van der Waals surface area contributed by atoms with Gasteiger partial charge in [-0.1, -0.05) is 20.8 Å². The van der Waals surface area contributed by atoms with Crippen LogP contribution in [0.1, 0.15) is 33.6 Å². The second-order valence-corrected chi connectivity index (χ2v) is 5.09. The third-order valence-electron chi connectivity index (χ3n) is 3.36. The number of hydrogen-bond acceptors (Lipinski definition) is 3. The van der Waals surface area contributed by atoms with Gasteiger partial charge in [0.2, 0.25) is 0 Å². The summed E-state index contributed by atoms with van der Waals surface area (Å²) >= 11 is 0. The molecule has 0 aromatic heterocycles. The van der Waals surface area contributed by atoms with E-state index >= 15 is 0 Å². The van der Waals surface area contributed by atoms with Crippen molar-refractivity contribution in [3.63, 3.8) is 0 Å². The van der Waals surface area contributed by atoms with Gasteiger partial charge in [-0.25, -0.2) is 0 Å². The summed E-state index contributed by atoms with van der Waals surface area (Å²) in [5.41, 5.74) is 0. The molecule has 1 aliphatic heterocycles. The molecule has 0 atom stereocenters. The lowest BCUT2D eigenvalue weighted by Crippen LogP contribution is -2.39. The maximum absolute atomic E-state index is 3.48. The van der Waals surface area contributed by atoms with E-state index in [1.807, 2.05) is 0 Å². The molecule has 0 radical (unpaired) electrons. The van der Waals surface area contributed by atoms with E-state index in [1.54, 1.807) is 0 Å². The van der Waals surface area contributed by atoms with Crippen LogP contribution in [0.4, 0.5) is 0 Å². The molecule has 0 amide bonds. The predicted octanol–water partition coefficient (Wildman–Crippen LogP) is 1.40. The Morgan fingerprint density at radius 1 is 1.19 bits per heavy atom. The largest absolute Gasteiger partial charge is 0.313 e. The molecule has 1 N–H and O–H groups in total. The van der Waals surface area contributed by atoms with Crippen molar-refractivity contribution in [3.05, 3.63) is 0 Å². The van der Waals surface area contributed by atoms with Crippen LogP contribution in [0.25, 0.3) is 0 Å². The summed E-state index contributed by atoms with van der Waals surface area (Å²) in [6, 6.07) is 0.609. The quantitative estimate of drug-likeness (QED) is 0.676. The maximum atomic E-state index is 3.48. The van der Waals surface area contributed by atoms with Gasteiger partial charge in [0.15, 0.2) is 0 Å². The van der Waals surface area contributed by atoms with Gasteiger partial charge in [-0.3, -0.25) is 0 Å². The van der Waals surface area contributed by atoms with Crippen LogP contribution in [-0.2, 0) is 0 Å².